The van der Waals surface area contributed by atoms with Gasteiger partial charge in [-0.1, -0.05) is 30.3 Å². The standard InChI is InChI=1S/C17H22F2N4O2S/c18-17(19)13-20-9-6-15(17)12-22-26(24,25)16-7-10-21-23(16)11-8-14-4-2-1-3-5-14/h1-5,7,10,15,20,22H,6,8-9,11-13H2. The topological polar surface area (TPSA) is 76.0 Å². The molecule has 1 unspecified atom stereocenters. The highest BCUT2D eigenvalue weighted by molar-refractivity contribution is 7.89. The highest BCUT2D eigenvalue weighted by atomic mass is 32.2. The molecular weight excluding hydrogens is 362 g/mol. The lowest BCUT2D eigenvalue weighted by atomic mass is 9.94. The summed E-state index contributed by atoms with van der Waals surface area (Å²) in [6.07, 6.45) is 2.25. The third kappa shape index (κ3) is 4.46. The summed E-state index contributed by atoms with van der Waals surface area (Å²) < 4.78 is 56.5. The van der Waals surface area contributed by atoms with Gasteiger partial charge in [0.05, 0.1) is 12.7 Å². The first kappa shape index (κ1) is 18.9. The minimum atomic E-state index is -3.90. The monoisotopic (exact) mass is 384 g/mol. The zero-order valence-electron chi connectivity index (χ0n) is 14.2. The van der Waals surface area contributed by atoms with Gasteiger partial charge in [-0.05, 0) is 31.0 Å². The second-order valence-electron chi connectivity index (χ2n) is 6.40. The molecule has 1 fully saturated rings. The SMILES string of the molecule is O=S(=O)(NCC1CCNCC1(F)F)c1ccnn1CCc1ccccc1. The van der Waals surface area contributed by atoms with E-state index in [9.17, 15) is 17.2 Å². The van der Waals surface area contributed by atoms with Gasteiger partial charge in [-0.15, -0.1) is 0 Å². The maximum Gasteiger partial charge on any atom is 0.264 e. The quantitative estimate of drug-likeness (QED) is 0.761. The molecule has 3 rings (SSSR count). The summed E-state index contributed by atoms with van der Waals surface area (Å²) >= 11 is 0. The van der Waals surface area contributed by atoms with Gasteiger partial charge < -0.3 is 5.32 Å². The molecule has 0 aliphatic carbocycles. The molecule has 26 heavy (non-hydrogen) atoms. The van der Waals surface area contributed by atoms with E-state index in [1.165, 1.54) is 16.9 Å². The maximum absolute atomic E-state index is 13.9. The van der Waals surface area contributed by atoms with Crippen molar-refractivity contribution in [2.24, 2.45) is 5.92 Å². The minimum Gasteiger partial charge on any atom is -0.311 e. The molecule has 1 aliphatic rings. The lowest BCUT2D eigenvalue weighted by molar-refractivity contribution is -0.0704. The predicted molar refractivity (Wildman–Crippen MR) is 93.5 cm³/mol. The number of nitrogens with one attached hydrogen (secondary N) is 2. The Labute approximate surface area is 151 Å². The molecule has 0 radical (unpaired) electrons. The highest BCUT2D eigenvalue weighted by Gasteiger charge is 2.41. The zero-order chi connectivity index (χ0) is 18.6. The van der Waals surface area contributed by atoms with Gasteiger partial charge in [0.15, 0.2) is 5.03 Å². The lowest BCUT2D eigenvalue weighted by Gasteiger charge is -2.31. The molecule has 0 spiro atoms. The molecule has 6 nitrogen and oxygen atoms in total. The van der Waals surface area contributed by atoms with Crippen molar-refractivity contribution in [2.75, 3.05) is 19.6 Å². The number of aryl methyl sites for hydroxylation is 2. The number of alkyl halides is 2. The van der Waals surface area contributed by atoms with Crippen LogP contribution in [-0.2, 0) is 23.0 Å². The van der Waals surface area contributed by atoms with Crippen LogP contribution in [-0.4, -0.2) is 43.8 Å². The molecule has 142 valence electrons. The van der Waals surface area contributed by atoms with E-state index in [1.54, 1.807) is 0 Å². The Hall–Kier alpha value is -1.84. The number of benzene rings is 1. The van der Waals surface area contributed by atoms with Gasteiger partial charge in [0.25, 0.3) is 15.9 Å². The van der Waals surface area contributed by atoms with E-state index >= 15 is 0 Å². The fourth-order valence-electron chi connectivity index (χ4n) is 3.02. The van der Waals surface area contributed by atoms with E-state index in [-0.39, 0.29) is 18.0 Å². The lowest BCUT2D eigenvalue weighted by Crippen LogP contribution is -2.50. The van der Waals surface area contributed by atoms with Crippen molar-refractivity contribution >= 4 is 10.0 Å². The van der Waals surface area contributed by atoms with Gasteiger partial charge in [0.2, 0.25) is 0 Å². The fourth-order valence-corrected chi connectivity index (χ4v) is 4.24. The smallest absolute Gasteiger partial charge is 0.264 e. The molecule has 0 saturated carbocycles. The Balaban J connectivity index is 1.65. The van der Waals surface area contributed by atoms with Crippen LogP contribution in [0.4, 0.5) is 8.78 Å². The summed E-state index contributed by atoms with van der Waals surface area (Å²) in [4.78, 5) is 0. The number of halogens is 2. The molecule has 0 amide bonds. The number of rotatable bonds is 7. The largest absolute Gasteiger partial charge is 0.311 e. The van der Waals surface area contributed by atoms with Crippen LogP contribution < -0.4 is 10.0 Å². The molecule has 2 N–H and O–H groups in total. The van der Waals surface area contributed by atoms with Gasteiger partial charge in [-0.25, -0.2) is 21.9 Å². The third-order valence-electron chi connectivity index (χ3n) is 4.56. The van der Waals surface area contributed by atoms with E-state index in [0.717, 1.165) is 5.56 Å². The normalized spacial score (nSPS) is 20.2. The Morgan fingerprint density at radius 3 is 2.77 bits per heavy atom. The van der Waals surface area contributed by atoms with E-state index in [4.69, 9.17) is 0 Å². The second-order valence-corrected chi connectivity index (χ2v) is 8.12. The first-order chi connectivity index (χ1) is 12.4. The van der Waals surface area contributed by atoms with Crippen molar-refractivity contribution in [1.29, 1.82) is 0 Å². The van der Waals surface area contributed by atoms with Crippen molar-refractivity contribution in [1.82, 2.24) is 19.8 Å². The maximum atomic E-state index is 13.9. The van der Waals surface area contributed by atoms with E-state index in [1.807, 2.05) is 30.3 Å². The summed E-state index contributed by atoms with van der Waals surface area (Å²) in [5.74, 6) is -3.94. The van der Waals surface area contributed by atoms with Crippen LogP contribution in [0.3, 0.4) is 0 Å². The summed E-state index contributed by atoms with van der Waals surface area (Å²) in [6.45, 7) is 0.128. The number of hydrogen-bond donors (Lipinski definition) is 2. The summed E-state index contributed by atoms with van der Waals surface area (Å²) in [7, 11) is -3.90. The average molecular weight is 384 g/mol. The van der Waals surface area contributed by atoms with E-state index in [0.29, 0.717) is 19.5 Å². The van der Waals surface area contributed by atoms with Crippen molar-refractivity contribution in [3.8, 4) is 0 Å². The van der Waals surface area contributed by atoms with Gasteiger partial charge in [-0.3, -0.25) is 4.68 Å². The molecule has 2 heterocycles. The molecule has 0 bridgehead atoms. The predicted octanol–water partition coefficient (Wildman–Crippen LogP) is 1.65. The summed E-state index contributed by atoms with van der Waals surface area (Å²) in [5.41, 5.74) is 1.06. The van der Waals surface area contributed by atoms with Crippen LogP contribution in [0.5, 0.6) is 0 Å². The fraction of sp³-hybridized carbons (Fsp3) is 0.471. The third-order valence-corrected chi connectivity index (χ3v) is 6.00. The highest BCUT2D eigenvalue weighted by Crippen LogP contribution is 2.29. The molecule has 1 aromatic heterocycles. The molecule has 1 aliphatic heterocycles. The number of piperidine rings is 1. The Bertz CT molecular complexity index is 824. The Kier molecular flexibility index (Phi) is 5.69. The van der Waals surface area contributed by atoms with Crippen molar-refractivity contribution in [3.63, 3.8) is 0 Å². The van der Waals surface area contributed by atoms with Crippen LogP contribution in [0.25, 0.3) is 0 Å². The number of hydrogen-bond acceptors (Lipinski definition) is 4. The molecule has 2 aromatic rings. The van der Waals surface area contributed by atoms with Gasteiger partial charge in [0.1, 0.15) is 0 Å². The van der Waals surface area contributed by atoms with E-state index in [2.05, 4.69) is 15.1 Å². The second kappa shape index (κ2) is 7.81. The number of nitrogens with zero attached hydrogens (tertiary/aromatic N) is 2. The van der Waals surface area contributed by atoms with Crippen LogP contribution in [0.2, 0.25) is 0 Å². The summed E-state index contributed by atoms with van der Waals surface area (Å²) in [5, 5.41) is 6.68. The van der Waals surface area contributed by atoms with Crippen LogP contribution >= 0.6 is 0 Å². The first-order valence-electron chi connectivity index (χ1n) is 8.52. The van der Waals surface area contributed by atoms with Crippen molar-refractivity contribution in [3.05, 3.63) is 48.2 Å². The van der Waals surface area contributed by atoms with Gasteiger partial charge >= 0.3 is 0 Å². The average Bonchev–Trinajstić information content (AvgIpc) is 3.09. The molecule has 1 atom stereocenters. The number of aromatic nitrogens is 2. The minimum absolute atomic E-state index is 0.00863. The number of sulfonamides is 1. The van der Waals surface area contributed by atoms with Gasteiger partial charge in [-0.2, -0.15) is 5.10 Å². The van der Waals surface area contributed by atoms with Crippen LogP contribution in [0.15, 0.2) is 47.6 Å². The Morgan fingerprint density at radius 1 is 1.27 bits per heavy atom. The summed E-state index contributed by atoms with van der Waals surface area (Å²) in [6, 6.07) is 11.0. The molecular formula is C17H22F2N4O2S. The first-order valence-corrected chi connectivity index (χ1v) is 10.0. The van der Waals surface area contributed by atoms with Crippen molar-refractivity contribution in [2.45, 2.75) is 30.3 Å². The molecule has 1 aromatic carbocycles. The van der Waals surface area contributed by atoms with E-state index < -0.39 is 28.4 Å². The Morgan fingerprint density at radius 2 is 2.04 bits per heavy atom. The van der Waals surface area contributed by atoms with Gasteiger partial charge in [0, 0.05) is 19.0 Å². The molecule has 9 heteroatoms. The van der Waals surface area contributed by atoms with Crippen LogP contribution in [0, 0.1) is 5.92 Å². The van der Waals surface area contributed by atoms with Crippen LogP contribution in [0.1, 0.15) is 12.0 Å². The molecule has 1 saturated heterocycles. The zero-order valence-corrected chi connectivity index (χ0v) is 15.1. The van der Waals surface area contributed by atoms with Crippen molar-refractivity contribution < 1.29 is 17.2 Å².